The van der Waals surface area contributed by atoms with E-state index in [-0.39, 0.29) is 17.9 Å². The van der Waals surface area contributed by atoms with Crippen molar-refractivity contribution >= 4 is 23.1 Å². The van der Waals surface area contributed by atoms with Gasteiger partial charge in [-0.1, -0.05) is 68.6 Å². The van der Waals surface area contributed by atoms with E-state index < -0.39 is 5.60 Å². The van der Waals surface area contributed by atoms with Gasteiger partial charge in [0.1, 0.15) is 12.4 Å². The van der Waals surface area contributed by atoms with Gasteiger partial charge < -0.3 is 19.6 Å². The van der Waals surface area contributed by atoms with Gasteiger partial charge in [0.2, 0.25) is 5.91 Å². The number of nitrogens with zero attached hydrogens (tertiary/aromatic N) is 3. The average Bonchev–Trinajstić information content (AvgIpc) is 3.44. The Morgan fingerprint density at radius 2 is 1.98 bits per heavy atom. The Kier molecular flexibility index (Phi) is 11.0. The molecule has 45 heavy (non-hydrogen) atoms. The zero-order chi connectivity index (χ0) is 32.0. The summed E-state index contributed by atoms with van der Waals surface area (Å²) in [5, 5.41) is 11.5. The molecule has 0 saturated carbocycles. The van der Waals surface area contributed by atoms with Gasteiger partial charge in [0, 0.05) is 60.5 Å². The number of aromatic nitrogens is 1. The van der Waals surface area contributed by atoms with E-state index in [0.29, 0.717) is 18.2 Å². The fraction of sp³-hybridized carbons (Fsp3) is 0.474. The minimum Gasteiger partial charge on any atom is -0.487 e. The predicted octanol–water partition coefficient (Wildman–Crippen LogP) is 8.00. The molecule has 2 atom stereocenters. The van der Waals surface area contributed by atoms with Gasteiger partial charge in [-0.05, 0) is 86.6 Å². The number of hydrogen-bond donors (Lipinski definition) is 1. The SMILES string of the molecule is CCCCC(CC)C(=O)N(Cc1ccc(Cl)cc1)[C@H]1CCN(CC/C=C2/c3cc(C(C)(C)O)ccc3OCc3ncccc32)C1. The molecule has 1 N–H and O–H groups in total. The van der Waals surface area contributed by atoms with Gasteiger partial charge in [-0.2, -0.15) is 0 Å². The van der Waals surface area contributed by atoms with Crippen molar-refractivity contribution < 1.29 is 14.6 Å². The molecule has 0 spiro atoms. The van der Waals surface area contributed by atoms with Gasteiger partial charge in [-0.25, -0.2) is 0 Å². The van der Waals surface area contributed by atoms with Crippen LogP contribution >= 0.6 is 11.6 Å². The number of unbranched alkanes of at least 4 members (excludes halogenated alkanes) is 1. The number of carbonyl (C=O) groups excluding carboxylic acids is 1. The Morgan fingerprint density at radius 3 is 2.71 bits per heavy atom. The van der Waals surface area contributed by atoms with E-state index in [1.807, 2.05) is 62.5 Å². The van der Waals surface area contributed by atoms with Crippen molar-refractivity contribution in [3.05, 3.63) is 99.8 Å². The van der Waals surface area contributed by atoms with Crippen molar-refractivity contribution in [2.24, 2.45) is 5.92 Å². The summed E-state index contributed by atoms with van der Waals surface area (Å²) in [6.45, 7) is 11.7. The van der Waals surface area contributed by atoms with Crippen molar-refractivity contribution in [1.82, 2.24) is 14.8 Å². The van der Waals surface area contributed by atoms with Gasteiger partial charge in [-0.3, -0.25) is 9.78 Å². The number of fused-ring (bicyclic) bond motifs is 2. The maximum Gasteiger partial charge on any atom is 0.226 e. The smallest absolute Gasteiger partial charge is 0.226 e. The minimum absolute atomic E-state index is 0.0658. The lowest BCUT2D eigenvalue weighted by atomic mass is 9.90. The normalized spacial score (nSPS) is 18.2. The van der Waals surface area contributed by atoms with Crippen LogP contribution < -0.4 is 4.74 Å². The molecule has 0 aliphatic carbocycles. The lowest BCUT2D eigenvalue weighted by Gasteiger charge is -2.32. The summed E-state index contributed by atoms with van der Waals surface area (Å²) in [6.07, 6.45) is 9.92. The van der Waals surface area contributed by atoms with E-state index in [2.05, 4.69) is 46.8 Å². The molecule has 1 unspecified atom stereocenters. The molecule has 1 saturated heterocycles. The number of rotatable bonds is 12. The summed E-state index contributed by atoms with van der Waals surface area (Å²) < 4.78 is 6.18. The van der Waals surface area contributed by atoms with Crippen LogP contribution in [0.25, 0.3) is 5.57 Å². The number of ether oxygens (including phenoxy) is 1. The zero-order valence-corrected chi connectivity index (χ0v) is 28.0. The number of aliphatic hydroxyl groups is 1. The van der Waals surface area contributed by atoms with Crippen LogP contribution in [0.1, 0.15) is 94.2 Å². The second-order valence-corrected chi connectivity index (χ2v) is 13.5. The van der Waals surface area contributed by atoms with Crippen molar-refractivity contribution in [2.45, 2.75) is 91.0 Å². The quantitative estimate of drug-likeness (QED) is 0.220. The number of hydrogen-bond acceptors (Lipinski definition) is 5. The molecular weight excluding hydrogens is 582 g/mol. The summed E-state index contributed by atoms with van der Waals surface area (Å²) >= 11 is 6.17. The molecule has 3 aromatic rings. The highest BCUT2D eigenvalue weighted by molar-refractivity contribution is 6.30. The molecule has 0 bridgehead atoms. The number of pyridine rings is 1. The molecule has 2 aliphatic heterocycles. The monoisotopic (exact) mass is 629 g/mol. The lowest BCUT2D eigenvalue weighted by Crippen LogP contribution is -2.44. The van der Waals surface area contributed by atoms with Gasteiger partial charge >= 0.3 is 0 Å². The first kappa shape index (κ1) is 33.2. The summed E-state index contributed by atoms with van der Waals surface area (Å²) in [4.78, 5) is 23.2. The second kappa shape index (κ2) is 14.9. The van der Waals surface area contributed by atoms with E-state index in [0.717, 1.165) is 97.4 Å². The maximum atomic E-state index is 14.0. The summed E-state index contributed by atoms with van der Waals surface area (Å²) in [7, 11) is 0. The van der Waals surface area contributed by atoms with Gasteiger partial charge in [0.15, 0.2) is 0 Å². The van der Waals surface area contributed by atoms with Crippen LogP contribution in [0.3, 0.4) is 0 Å². The van der Waals surface area contributed by atoms with Crippen molar-refractivity contribution in [3.63, 3.8) is 0 Å². The summed E-state index contributed by atoms with van der Waals surface area (Å²) in [5.74, 6) is 1.16. The molecule has 1 fully saturated rings. The van der Waals surface area contributed by atoms with Crippen molar-refractivity contribution in [3.8, 4) is 5.75 Å². The van der Waals surface area contributed by atoms with Crippen LogP contribution in [0.15, 0.2) is 66.9 Å². The van der Waals surface area contributed by atoms with Crippen LogP contribution in [0.2, 0.25) is 5.02 Å². The van der Waals surface area contributed by atoms with Crippen LogP contribution in [-0.2, 0) is 23.5 Å². The Balaban J connectivity index is 1.34. The third kappa shape index (κ3) is 8.16. The van der Waals surface area contributed by atoms with Crippen LogP contribution in [0.4, 0.5) is 0 Å². The third-order valence-electron chi connectivity index (χ3n) is 9.30. The van der Waals surface area contributed by atoms with Gasteiger partial charge in [0.25, 0.3) is 0 Å². The molecule has 3 heterocycles. The highest BCUT2D eigenvalue weighted by Gasteiger charge is 2.33. The van der Waals surface area contributed by atoms with E-state index in [1.165, 1.54) is 0 Å². The molecule has 2 aliphatic rings. The van der Waals surface area contributed by atoms with E-state index >= 15 is 0 Å². The Morgan fingerprint density at radius 1 is 1.18 bits per heavy atom. The van der Waals surface area contributed by atoms with Crippen molar-refractivity contribution in [1.29, 1.82) is 0 Å². The Bertz CT molecular complexity index is 1480. The van der Waals surface area contributed by atoms with E-state index in [9.17, 15) is 9.90 Å². The molecule has 2 aromatic carbocycles. The first-order valence-corrected chi connectivity index (χ1v) is 17.0. The first-order valence-electron chi connectivity index (χ1n) is 16.6. The van der Waals surface area contributed by atoms with Crippen molar-refractivity contribution in [2.75, 3.05) is 19.6 Å². The van der Waals surface area contributed by atoms with Crippen LogP contribution in [0.5, 0.6) is 5.75 Å². The Hall–Kier alpha value is -3.19. The fourth-order valence-corrected chi connectivity index (χ4v) is 6.70. The molecule has 1 aromatic heterocycles. The first-order chi connectivity index (χ1) is 21.7. The average molecular weight is 630 g/mol. The van der Waals surface area contributed by atoms with Gasteiger partial charge in [-0.15, -0.1) is 0 Å². The number of carbonyl (C=O) groups is 1. The topological polar surface area (TPSA) is 65.9 Å². The highest BCUT2D eigenvalue weighted by Crippen LogP contribution is 2.38. The summed E-state index contributed by atoms with van der Waals surface area (Å²) in [6, 6.07) is 18.1. The second-order valence-electron chi connectivity index (χ2n) is 13.0. The van der Waals surface area contributed by atoms with Crippen LogP contribution in [-0.4, -0.2) is 51.5 Å². The largest absolute Gasteiger partial charge is 0.487 e. The minimum atomic E-state index is -0.961. The highest BCUT2D eigenvalue weighted by atomic mass is 35.5. The molecule has 0 radical (unpaired) electrons. The van der Waals surface area contributed by atoms with Crippen LogP contribution in [0, 0.1) is 5.92 Å². The Labute approximate surface area is 274 Å². The zero-order valence-electron chi connectivity index (χ0n) is 27.3. The van der Waals surface area contributed by atoms with E-state index in [1.54, 1.807) is 0 Å². The maximum absolute atomic E-state index is 14.0. The standard InChI is InChI=1S/C38H48ClN3O3/c1-5-7-10-28(6-2)37(43)42(24-27-13-16-30(39)17-14-27)31-19-22-41(25-31)21-9-12-32-33-11-8-20-40-35(33)26-45-36-18-15-29(23-34(32)36)38(3,4)44/h8,11-18,20,23,28,31,44H,5-7,9-10,19,21-22,24-26H2,1-4H3/b32-12+/t28?,31-/m0/s1. The fourth-order valence-electron chi connectivity index (χ4n) is 6.58. The molecule has 7 heteroatoms. The molecule has 1 amide bonds. The number of amides is 1. The molecule has 240 valence electrons. The van der Waals surface area contributed by atoms with E-state index in [4.69, 9.17) is 16.3 Å². The number of likely N-dealkylation sites (tertiary alicyclic amines) is 1. The predicted molar refractivity (Wildman–Crippen MR) is 182 cm³/mol. The summed E-state index contributed by atoms with van der Waals surface area (Å²) in [5.41, 5.74) is 5.06. The molecular formula is C38H48ClN3O3. The molecule has 5 rings (SSSR count). The molecule has 6 nitrogen and oxygen atoms in total. The van der Waals surface area contributed by atoms with Gasteiger partial charge in [0.05, 0.1) is 11.3 Å². The number of benzene rings is 2. The lowest BCUT2D eigenvalue weighted by molar-refractivity contribution is -0.138. The third-order valence-corrected chi connectivity index (χ3v) is 9.55. The number of halogens is 1.